The van der Waals surface area contributed by atoms with Crippen LogP contribution in [0.15, 0.2) is 18.6 Å². The molecule has 6 nitrogen and oxygen atoms in total. The molecule has 7 heteroatoms. The van der Waals surface area contributed by atoms with Crippen LogP contribution in [0.5, 0.6) is 0 Å². The average molecular weight is 222 g/mol. The molecule has 0 aliphatic carbocycles. The van der Waals surface area contributed by atoms with Crippen molar-refractivity contribution in [1.29, 1.82) is 0 Å². The van der Waals surface area contributed by atoms with Gasteiger partial charge >= 0.3 is 0 Å². The Hall–Kier alpha value is -2.18. The third-order valence-electron chi connectivity index (χ3n) is 2.10. The Morgan fingerprint density at radius 1 is 1.50 bits per heavy atom. The zero-order chi connectivity index (χ0) is 11.5. The topological polar surface area (TPSA) is 81.7 Å². The molecule has 0 amide bonds. The molecule has 0 radical (unpaired) electrons. The molecule has 0 saturated heterocycles. The summed E-state index contributed by atoms with van der Waals surface area (Å²) in [4.78, 5) is 11.4. The molecule has 0 atom stereocenters. The van der Waals surface area contributed by atoms with E-state index in [0.717, 1.165) is 12.0 Å². The monoisotopic (exact) mass is 222 g/mol. The summed E-state index contributed by atoms with van der Waals surface area (Å²) in [6.07, 6.45) is 4.51. The summed E-state index contributed by atoms with van der Waals surface area (Å²) < 4.78 is 15.1. The molecular weight excluding hydrogens is 211 g/mol. The Morgan fingerprint density at radius 2 is 2.31 bits per heavy atom. The molecule has 16 heavy (non-hydrogen) atoms. The molecule has 0 saturated carbocycles. The third kappa shape index (κ3) is 2.08. The molecule has 0 aromatic carbocycles. The predicted octanol–water partition coefficient (Wildman–Crippen LogP) is 0.543. The van der Waals surface area contributed by atoms with E-state index in [2.05, 4.69) is 20.3 Å². The molecule has 2 heterocycles. The van der Waals surface area contributed by atoms with Crippen molar-refractivity contribution in [2.24, 2.45) is 7.05 Å². The highest BCUT2D eigenvalue weighted by Crippen LogP contribution is 2.11. The number of nitrogens with two attached hydrogens (primary N) is 1. The van der Waals surface area contributed by atoms with Gasteiger partial charge in [-0.05, 0) is 0 Å². The number of rotatable bonds is 3. The lowest BCUT2D eigenvalue weighted by Crippen LogP contribution is -2.09. The van der Waals surface area contributed by atoms with Crippen LogP contribution in [0.2, 0.25) is 0 Å². The Labute approximate surface area is 91.4 Å². The van der Waals surface area contributed by atoms with E-state index in [9.17, 15) is 4.39 Å². The van der Waals surface area contributed by atoms with Crippen molar-refractivity contribution in [1.82, 2.24) is 19.5 Å². The van der Waals surface area contributed by atoms with Gasteiger partial charge in [0.1, 0.15) is 5.82 Å². The molecule has 2 aromatic heterocycles. The minimum Gasteiger partial charge on any atom is -0.368 e. The number of aromatic nitrogens is 4. The number of halogens is 1. The number of nitrogens with zero attached hydrogens (tertiary/aromatic N) is 4. The number of anilines is 2. The first-order chi connectivity index (χ1) is 7.66. The second-order valence-corrected chi connectivity index (χ2v) is 3.23. The van der Waals surface area contributed by atoms with Crippen molar-refractivity contribution < 1.29 is 4.39 Å². The van der Waals surface area contributed by atoms with Gasteiger partial charge in [0.15, 0.2) is 11.6 Å². The zero-order valence-corrected chi connectivity index (χ0v) is 8.68. The fourth-order valence-electron chi connectivity index (χ4n) is 1.23. The molecule has 0 aliphatic heterocycles. The number of nitrogens with one attached hydrogen (secondary N) is 1. The summed E-state index contributed by atoms with van der Waals surface area (Å²) in [5.41, 5.74) is 5.36. The van der Waals surface area contributed by atoms with Crippen molar-refractivity contribution in [2.45, 2.75) is 6.54 Å². The first-order valence-electron chi connectivity index (χ1n) is 4.65. The molecule has 84 valence electrons. The van der Waals surface area contributed by atoms with Crippen LogP contribution < -0.4 is 11.1 Å². The first-order valence-corrected chi connectivity index (χ1v) is 4.65. The van der Waals surface area contributed by atoms with Gasteiger partial charge in [0.2, 0.25) is 5.95 Å². The third-order valence-corrected chi connectivity index (χ3v) is 2.10. The van der Waals surface area contributed by atoms with Crippen LogP contribution in [0.4, 0.5) is 16.2 Å². The molecule has 0 aliphatic rings. The zero-order valence-electron chi connectivity index (χ0n) is 8.68. The lowest BCUT2D eigenvalue weighted by Gasteiger charge is -2.06. The van der Waals surface area contributed by atoms with E-state index in [-0.39, 0.29) is 11.8 Å². The van der Waals surface area contributed by atoms with Crippen LogP contribution in [0, 0.1) is 5.82 Å². The molecule has 2 aromatic rings. The van der Waals surface area contributed by atoms with Gasteiger partial charge in [0.05, 0.1) is 12.7 Å². The van der Waals surface area contributed by atoms with E-state index in [4.69, 9.17) is 5.73 Å². The molecule has 0 unspecified atom stereocenters. The first kappa shape index (κ1) is 10.3. The van der Waals surface area contributed by atoms with E-state index in [1.54, 1.807) is 6.20 Å². The van der Waals surface area contributed by atoms with Gasteiger partial charge in [-0.1, -0.05) is 0 Å². The van der Waals surface area contributed by atoms with Crippen LogP contribution in [-0.4, -0.2) is 19.5 Å². The normalized spacial score (nSPS) is 10.4. The molecule has 0 spiro atoms. The van der Waals surface area contributed by atoms with Crippen molar-refractivity contribution >= 4 is 11.8 Å². The van der Waals surface area contributed by atoms with Gasteiger partial charge in [-0.15, -0.1) is 0 Å². The maximum atomic E-state index is 13.2. The Bertz CT molecular complexity index is 494. The Morgan fingerprint density at radius 3 is 3.00 bits per heavy atom. The largest absolute Gasteiger partial charge is 0.368 e. The van der Waals surface area contributed by atoms with Gasteiger partial charge in [-0.25, -0.2) is 14.4 Å². The number of nitrogen functional groups attached to an aromatic ring is 1. The Balaban J connectivity index is 2.10. The molecular formula is C9H11FN6. The van der Waals surface area contributed by atoms with E-state index < -0.39 is 5.82 Å². The fraction of sp³-hybridized carbons (Fsp3) is 0.222. The number of aryl methyl sites for hydroxylation is 1. The minimum absolute atomic E-state index is 0.0312. The second-order valence-electron chi connectivity index (χ2n) is 3.23. The minimum atomic E-state index is -0.539. The lowest BCUT2D eigenvalue weighted by atomic mass is 10.5. The standard InChI is InChI=1S/C9H11FN6/c1-16-3-2-12-7(16)5-13-8-6(10)4-14-9(11)15-8/h2-4H,5H2,1H3,(H3,11,13,14,15). The van der Waals surface area contributed by atoms with Gasteiger partial charge in [0.25, 0.3) is 0 Å². The van der Waals surface area contributed by atoms with Crippen LogP contribution in [-0.2, 0) is 13.6 Å². The SMILES string of the molecule is Cn1ccnc1CNc1nc(N)ncc1F. The van der Waals surface area contributed by atoms with E-state index in [1.165, 1.54) is 0 Å². The second kappa shape index (κ2) is 4.13. The highest BCUT2D eigenvalue weighted by molar-refractivity contribution is 5.39. The van der Waals surface area contributed by atoms with Gasteiger partial charge in [-0.2, -0.15) is 4.98 Å². The highest BCUT2D eigenvalue weighted by atomic mass is 19.1. The molecule has 0 fully saturated rings. The van der Waals surface area contributed by atoms with Crippen LogP contribution in [0.3, 0.4) is 0 Å². The molecule has 0 bridgehead atoms. The number of hydrogen-bond donors (Lipinski definition) is 2. The van der Waals surface area contributed by atoms with Crippen molar-refractivity contribution in [3.8, 4) is 0 Å². The average Bonchev–Trinajstić information content (AvgIpc) is 2.66. The maximum Gasteiger partial charge on any atom is 0.222 e. The van der Waals surface area contributed by atoms with Crippen molar-refractivity contribution in [3.05, 3.63) is 30.2 Å². The maximum absolute atomic E-state index is 13.2. The van der Waals surface area contributed by atoms with Crippen molar-refractivity contribution in [2.75, 3.05) is 11.1 Å². The lowest BCUT2D eigenvalue weighted by molar-refractivity contribution is 0.616. The van der Waals surface area contributed by atoms with Crippen LogP contribution in [0.25, 0.3) is 0 Å². The summed E-state index contributed by atoms with van der Waals surface area (Å²) in [7, 11) is 1.86. The van der Waals surface area contributed by atoms with E-state index in [1.807, 2.05) is 17.8 Å². The highest BCUT2D eigenvalue weighted by Gasteiger charge is 2.06. The summed E-state index contributed by atoms with van der Waals surface area (Å²) >= 11 is 0. The van der Waals surface area contributed by atoms with Crippen LogP contribution in [0.1, 0.15) is 5.82 Å². The van der Waals surface area contributed by atoms with E-state index >= 15 is 0 Å². The van der Waals surface area contributed by atoms with Crippen molar-refractivity contribution in [3.63, 3.8) is 0 Å². The summed E-state index contributed by atoms with van der Waals surface area (Å²) in [6, 6.07) is 0. The van der Waals surface area contributed by atoms with Gasteiger partial charge in [-0.3, -0.25) is 0 Å². The predicted molar refractivity (Wildman–Crippen MR) is 56.9 cm³/mol. The Kier molecular flexibility index (Phi) is 2.67. The summed E-state index contributed by atoms with van der Waals surface area (Å²) in [5.74, 6) is 0.347. The molecule has 3 N–H and O–H groups in total. The smallest absolute Gasteiger partial charge is 0.222 e. The van der Waals surface area contributed by atoms with Gasteiger partial charge in [0, 0.05) is 19.4 Å². The molecule has 2 rings (SSSR count). The summed E-state index contributed by atoms with van der Waals surface area (Å²) in [6.45, 7) is 0.372. The summed E-state index contributed by atoms with van der Waals surface area (Å²) in [5, 5.41) is 2.81. The fourth-order valence-corrected chi connectivity index (χ4v) is 1.23. The van der Waals surface area contributed by atoms with Crippen LogP contribution >= 0.6 is 0 Å². The number of imidazole rings is 1. The number of hydrogen-bond acceptors (Lipinski definition) is 5. The quantitative estimate of drug-likeness (QED) is 0.792. The van der Waals surface area contributed by atoms with E-state index in [0.29, 0.717) is 6.54 Å². The van der Waals surface area contributed by atoms with Gasteiger partial charge < -0.3 is 15.6 Å².